The van der Waals surface area contributed by atoms with Crippen molar-refractivity contribution in [3.63, 3.8) is 0 Å². The molecule has 0 saturated carbocycles. The average molecular weight is 686 g/mol. The van der Waals surface area contributed by atoms with Gasteiger partial charge in [-0.1, -0.05) is 23.2 Å². The topological polar surface area (TPSA) is 140 Å². The van der Waals surface area contributed by atoms with E-state index < -0.39 is 37.3 Å². The fourth-order valence-electron chi connectivity index (χ4n) is 4.92. The van der Waals surface area contributed by atoms with E-state index in [1.165, 1.54) is 12.1 Å². The highest BCUT2D eigenvalue weighted by molar-refractivity contribution is 6.32. The monoisotopic (exact) mass is 685 g/mol. The number of benzene rings is 2. The van der Waals surface area contributed by atoms with Gasteiger partial charge in [0.2, 0.25) is 0 Å². The molecule has 0 aliphatic carbocycles. The number of ether oxygens (including phenoxy) is 1. The summed E-state index contributed by atoms with van der Waals surface area (Å²) in [5, 5.41) is 31.3. The summed E-state index contributed by atoms with van der Waals surface area (Å²) in [7, 11) is 0. The van der Waals surface area contributed by atoms with Gasteiger partial charge in [0.25, 0.3) is 12.3 Å². The summed E-state index contributed by atoms with van der Waals surface area (Å²) in [5.74, 6) is -3.85. The summed E-state index contributed by atoms with van der Waals surface area (Å²) >= 11 is 12.1. The molecule has 2 aliphatic rings. The third kappa shape index (κ3) is 10.6. The van der Waals surface area contributed by atoms with Crippen LogP contribution >= 0.6 is 23.2 Å². The molecule has 0 bridgehead atoms. The van der Waals surface area contributed by atoms with Crippen LogP contribution in [0.5, 0.6) is 5.75 Å². The SMILES string of the molecule is O=C(O)C(F)(F)F.O=C(O)Cc1cc(Cl)c(OCC(F)F)cc1N1C[C@@H](O)[C@H](NC2CCN(C(=O)c3ccc(Cl)cc3)CC2)C1. The quantitative estimate of drug-likeness (QED) is 0.284. The molecule has 0 radical (unpaired) electrons. The molecule has 17 heteroatoms. The van der Waals surface area contributed by atoms with Crippen molar-refractivity contribution in [1.29, 1.82) is 0 Å². The van der Waals surface area contributed by atoms with Gasteiger partial charge in [-0.3, -0.25) is 9.59 Å². The molecule has 1 amide bonds. The number of nitrogens with zero attached hydrogens (tertiary/aromatic N) is 2. The Labute approximate surface area is 264 Å². The molecular formula is C28H30Cl2F5N3O7. The lowest BCUT2D eigenvalue weighted by Gasteiger charge is -2.34. The molecule has 45 heavy (non-hydrogen) atoms. The largest absolute Gasteiger partial charge is 0.490 e. The van der Waals surface area contributed by atoms with Crippen molar-refractivity contribution in [3.8, 4) is 5.75 Å². The molecule has 2 aliphatic heterocycles. The van der Waals surface area contributed by atoms with E-state index in [-0.39, 0.29) is 41.7 Å². The van der Waals surface area contributed by atoms with Gasteiger partial charge in [0.15, 0.2) is 0 Å². The molecule has 2 heterocycles. The number of hydrogen-bond donors (Lipinski definition) is 4. The maximum Gasteiger partial charge on any atom is 0.490 e. The lowest BCUT2D eigenvalue weighted by atomic mass is 10.0. The van der Waals surface area contributed by atoms with Crippen LogP contribution in [0.4, 0.5) is 27.6 Å². The zero-order valence-electron chi connectivity index (χ0n) is 23.4. The molecule has 2 atom stereocenters. The molecule has 248 valence electrons. The van der Waals surface area contributed by atoms with Crippen molar-refractivity contribution in [3.05, 3.63) is 57.6 Å². The molecule has 2 saturated heterocycles. The number of rotatable bonds is 9. The van der Waals surface area contributed by atoms with Crippen LogP contribution in [0.15, 0.2) is 36.4 Å². The number of alkyl halides is 5. The highest BCUT2D eigenvalue weighted by Gasteiger charge is 2.38. The Morgan fingerprint density at radius 2 is 1.62 bits per heavy atom. The molecule has 2 fully saturated rings. The minimum absolute atomic E-state index is 0.0275. The summed E-state index contributed by atoms with van der Waals surface area (Å²) in [6.07, 6.45) is -7.43. The predicted molar refractivity (Wildman–Crippen MR) is 154 cm³/mol. The van der Waals surface area contributed by atoms with E-state index >= 15 is 0 Å². The second-order valence-electron chi connectivity index (χ2n) is 10.3. The Bertz CT molecular complexity index is 1340. The van der Waals surface area contributed by atoms with Gasteiger partial charge >= 0.3 is 18.1 Å². The van der Waals surface area contributed by atoms with Gasteiger partial charge in [-0.15, -0.1) is 0 Å². The molecule has 0 aromatic heterocycles. The number of carboxylic acids is 2. The number of halogens is 7. The number of aliphatic hydroxyl groups is 1. The van der Waals surface area contributed by atoms with E-state index in [0.717, 1.165) is 0 Å². The van der Waals surface area contributed by atoms with Gasteiger partial charge in [-0.25, -0.2) is 13.6 Å². The van der Waals surface area contributed by atoms with Gasteiger partial charge < -0.3 is 35.2 Å². The number of aliphatic hydroxyl groups excluding tert-OH is 1. The van der Waals surface area contributed by atoms with Gasteiger partial charge in [-0.2, -0.15) is 13.2 Å². The number of nitrogens with one attached hydrogen (secondary N) is 1. The predicted octanol–water partition coefficient (Wildman–Crippen LogP) is 4.34. The van der Waals surface area contributed by atoms with Crippen LogP contribution in [-0.4, -0.2) is 102 Å². The first-order chi connectivity index (χ1) is 21.0. The highest BCUT2D eigenvalue weighted by Crippen LogP contribution is 2.36. The summed E-state index contributed by atoms with van der Waals surface area (Å²) in [4.78, 5) is 36.7. The van der Waals surface area contributed by atoms with Crippen LogP contribution < -0.4 is 15.0 Å². The van der Waals surface area contributed by atoms with Crippen LogP contribution in [0.2, 0.25) is 10.0 Å². The Hall–Kier alpha value is -3.40. The summed E-state index contributed by atoms with van der Waals surface area (Å²) < 4.78 is 62.2. The van der Waals surface area contributed by atoms with Crippen LogP contribution in [0.1, 0.15) is 28.8 Å². The van der Waals surface area contributed by atoms with Gasteiger partial charge in [-0.05, 0) is 48.7 Å². The van der Waals surface area contributed by atoms with Crippen molar-refractivity contribution in [2.24, 2.45) is 0 Å². The third-order valence-electron chi connectivity index (χ3n) is 7.03. The molecule has 10 nitrogen and oxygen atoms in total. The number of hydrogen-bond acceptors (Lipinski definition) is 7. The molecule has 0 spiro atoms. The number of amides is 1. The number of carbonyl (C=O) groups excluding carboxylic acids is 1. The van der Waals surface area contributed by atoms with Gasteiger partial charge in [0.05, 0.1) is 23.6 Å². The number of carboxylic acid groups (broad SMARTS) is 2. The lowest BCUT2D eigenvalue weighted by molar-refractivity contribution is -0.192. The van der Waals surface area contributed by atoms with Crippen molar-refractivity contribution in [1.82, 2.24) is 10.2 Å². The van der Waals surface area contributed by atoms with E-state index in [4.69, 9.17) is 37.8 Å². The minimum Gasteiger partial charge on any atom is -0.486 e. The molecule has 0 unspecified atom stereocenters. The van der Waals surface area contributed by atoms with Crippen LogP contribution in [-0.2, 0) is 16.0 Å². The van der Waals surface area contributed by atoms with Crippen molar-refractivity contribution >= 4 is 46.7 Å². The number of carbonyl (C=O) groups is 3. The maximum atomic E-state index is 12.8. The molecular weight excluding hydrogens is 656 g/mol. The first-order valence-electron chi connectivity index (χ1n) is 13.5. The Morgan fingerprint density at radius 1 is 1.02 bits per heavy atom. The maximum absolute atomic E-state index is 12.8. The smallest absolute Gasteiger partial charge is 0.486 e. The second-order valence-corrected chi connectivity index (χ2v) is 11.1. The van der Waals surface area contributed by atoms with Gasteiger partial charge in [0.1, 0.15) is 12.4 Å². The molecule has 2 aromatic carbocycles. The van der Waals surface area contributed by atoms with E-state index in [9.17, 15) is 41.8 Å². The number of aliphatic carboxylic acids is 2. The summed E-state index contributed by atoms with van der Waals surface area (Å²) in [5.41, 5.74) is 1.45. The van der Waals surface area contributed by atoms with Crippen molar-refractivity contribution in [2.45, 2.75) is 50.1 Å². The lowest BCUT2D eigenvalue weighted by Crippen LogP contribution is -2.50. The van der Waals surface area contributed by atoms with Crippen LogP contribution in [0.25, 0.3) is 0 Å². The highest BCUT2D eigenvalue weighted by atomic mass is 35.5. The summed E-state index contributed by atoms with van der Waals surface area (Å²) in [6, 6.07) is 9.43. The molecule has 4 N–H and O–H groups in total. The zero-order chi connectivity index (χ0) is 33.5. The second kappa shape index (κ2) is 15.7. The number of piperidine rings is 1. The fraction of sp³-hybridized carbons (Fsp3) is 0.464. The Kier molecular flexibility index (Phi) is 12.6. The average Bonchev–Trinajstić information content (AvgIpc) is 3.31. The van der Waals surface area contributed by atoms with Crippen LogP contribution in [0.3, 0.4) is 0 Å². The van der Waals surface area contributed by atoms with E-state index in [0.29, 0.717) is 54.3 Å². The molecule has 4 rings (SSSR count). The van der Waals surface area contributed by atoms with Gasteiger partial charge in [0, 0.05) is 54.6 Å². The first-order valence-corrected chi connectivity index (χ1v) is 14.3. The fourth-order valence-corrected chi connectivity index (χ4v) is 5.29. The standard InChI is InChI=1S/C26H29Cl2F2N3O5.C2HF3O2/c27-17-3-1-15(2-4-17)26(37)32-7-5-18(6-8-32)31-20-12-33(13-22(20)34)21-11-23(38-14-24(29)30)19(28)9-16(21)10-25(35)36;3-2(4,5)1(6)7/h1-4,9,11,18,20,22,24,31,34H,5-8,10,12-14H2,(H,35,36);(H,6,7)/t20-,22-;/m1./s1. The number of anilines is 1. The number of likely N-dealkylation sites (tertiary alicyclic amines) is 1. The van der Waals surface area contributed by atoms with Crippen LogP contribution in [0, 0.1) is 0 Å². The first kappa shape index (κ1) is 36.1. The van der Waals surface area contributed by atoms with E-state index in [2.05, 4.69) is 5.32 Å². The normalized spacial score (nSPS) is 18.9. The Balaban J connectivity index is 0.000000707. The molecule has 2 aromatic rings. The number of β-amino-alcohol motifs (C(OH)–C–C–N with tert-alkyl or cyclic N) is 1. The van der Waals surface area contributed by atoms with E-state index in [1.807, 2.05) is 4.90 Å². The Morgan fingerprint density at radius 3 is 2.16 bits per heavy atom. The van der Waals surface area contributed by atoms with E-state index in [1.54, 1.807) is 29.2 Å². The van der Waals surface area contributed by atoms with Crippen molar-refractivity contribution < 1.29 is 56.4 Å². The van der Waals surface area contributed by atoms with Crippen molar-refractivity contribution in [2.75, 3.05) is 37.7 Å². The summed E-state index contributed by atoms with van der Waals surface area (Å²) in [6.45, 7) is 0.873. The zero-order valence-corrected chi connectivity index (χ0v) is 25.0. The minimum atomic E-state index is -5.08. The third-order valence-corrected chi connectivity index (χ3v) is 7.58.